The van der Waals surface area contributed by atoms with E-state index >= 15 is 0 Å². The molecule has 2 aliphatic heterocycles. The molecule has 0 aliphatic carbocycles. The van der Waals surface area contributed by atoms with Gasteiger partial charge in [0.05, 0.1) is 18.2 Å². The van der Waals surface area contributed by atoms with Crippen molar-refractivity contribution in [1.82, 2.24) is 30.1 Å². The number of aromatic amines is 1. The smallest absolute Gasteiger partial charge is 0.253 e. The zero-order valence-corrected chi connectivity index (χ0v) is 19.2. The Balaban J connectivity index is 1.63. The number of hydrogen-bond donors (Lipinski definition) is 1. The van der Waals surface area contributed by atoms with E-state index in [-0.39, 0.29) is 17.7 Å². The number of likely N-dealkylation sites (tertiary alicyclic amines) is 1. The van der Waals surface area contributed by atoms with Gasteiger partial charge in [0, 0.05) is 24.1 Å². The topological polar surface area (TPSA) is 88.9 Å². The van der Waals surface area contributed by atoms with Crippen LogP contribution in [0.25, 0.3) is 10.9 Å². The summed E-state index contributed by atoms with van der Waals surface area (Å²) < 4.78 is 7.70. The van der Waals surface area contributed by atoms with Crippen molar-refractivity contribution in [2.24, 2.45) is 5.92 Å². The lowest BCUT2D eigenvalue weighted by Crippen LogP contribution is -2.41. The predicted molar refractivity (Wildman–Crippen MR) is 123 cm³/mol. The molecule has 4 heterocycles. The van der Waals surface area contributed by atoms with Crippen molar-refractivity contribution in [2.75, 3.05) is 19.7 Å². The molecule has 3 atom stereocenters. The van der Waals surface area contributed by atoms with Gasteiger partial charge < -0.3 is 9.72 Å². The summed E-state index contributed by atoms with van der Waals surface area (Å²) in [6.45, 7) is 9.64. The molecule has 0 spiro atoms. The molecule has 5 rings (SSSR count). The molecule has 8 heteroatoms. The normalized spacial score (nSPS) is 23.1. The van der Waals surface area contributed by atoms with Crippen molar-refractivity contribution < 1.29 is 4.74 Å². The van der Waals surface area contributed by atoms with E-state index in [1.165, 1.54) is 6.42 Å². The zero-order chi connectivity index (χ0) is 22.2. The first kappa shape index (κ1) is 21.3. The van der Waals surface area contributed by atoms with Crippen molar-refractivity contribution in [3.8, 4) is 0 Å². The summed E-state index contributed by atoms with van der Waals surface area (Å²) in [5.74, 6) is 1.29. The maximum absolute atomic E-state index is 13.4. The van der Waals surface area contributed by atoms with Gasteiger partial charge in [-0.3, -0.25) is 9.69 Å². The van der Waals surface area contributed by atoms with Gasteiger partial charge in [-0.25, -0.2) is 4.68 Å². The number of fused-ring (bicyclic) bond motifs is 1. The van der Waals surface area contributed by atoms with Crippen molar-refractivity contribution >= 4 is 10.9 Å². The molecule has 2 fully saturated rings. The molecule has 0 saturated carbocycles. The highest BCUT2D eigenvalue weighted by Gasteiger charge is 2.33. The average Bonchev–Trinajstić information content (AvgIpc) is 3.45. The van der Waals surface area contributed by atoms with Crippen molar-refractivity contribution in [1.29, 1.82) is 0 Å². The van der Waals surface area contributed by atoms with Crippen LogP contribution in [0.4, 0.5) is 0 Å². The molecule has 2 saturated heterocycles. The Hall–Kier alpha value is -2.58. The number of benzene rings is 1. The zero-order valence-electron chi connectivity index (χ0n) is 19.2. The third-order valence-electron chi connectivity index (χ3n) is 7.03. The summed E-state index contributed by atoms with van der Waals surface area (Å²) in [6, 6.07) is 5.94. The van der Waals surface area contributed by atoms with Crippen LogP contribution >= 0.6 is 0 Å². The lowest BCUT2D eigenvalue weighted by atomic mass is 9.95. The van der Waals surface area contributed by atoms with Gasteiger partial charge in [-0.2, -0.15) is 0 Å². The van der Waals surface area contributed by atoms with E-state index in [9.17, 15) is 4.79 Å². The minimum absolute atomic E-state index is 0.0684. The molecule has 0 unspecified atom stereocenters. The van der Waals surface area contributed by atoms with Crippen LogP contribution < -0.4 is 5.56 Å². The van der Waals surface area contributed by atoms with Crippen LogP contribution in [0.5, 0.6) is 0 Å². The Bertz CT molecular complexity index is 1160. The Morgan fingerprint density at radius 3 is 2.84 bits per heavy atom. The summed E-state index contributed by atoms with van der Waals surface area (Å²) in [5.41, 5.74) is 3.77. The third kappa shape index (κ3) is 3.97. The molecule has 2 aliphatic rings. The number of rotatable bonds is 5. The van der Waals surface area contributed by atoms with E-state index in [0.29, 0.717) is 18.0 Å². The first-order chi connectivity index (χ1) is 15.5. The SMILES string of the molecule is Cc1ccc(C)c2[nH]c(=O)c([C@H](c3nnnn3C[C@H]3CCCO3)N3CCC[C@@H](C)C3)cc12. The maximum Gasteiger partial charge on any atom is 0.253 e. The van der Waals surface area contributed by atoms with Crippen LogP contribution in [0, 0.1) is 19.8 Å². The van der Waals surface area contributed by atoms with Crippen LogP contribution in [0.15, 0.2) is 23.0 Å². The van der Waals surface area contributed by atoms with Crippen molar-refractivity contribution in [3.63, 3.8) is 0 Å². The second kappa shape index (κ2) is 8.75. The van der Waals surface area contributed by atoms with E-state index in [2.05, 4.69) is 57.5 Å². The van der Waals surface area contributed by atoms with Gasteiger partial charge in [-0.15, -0.1) is 5.10 Å². The summed E-state index contributed by atoms with van der Waals surface area (Å²) in [6.07, 6.45) is 4.51. The minimum Gasteiger partial charge on any atom is -0.376 e. The fourth-order valence-corrected chi connectivity index (χ4v) is 5.27. The molecule has 170 valence electrons. The number of pyridine rings is 1. The van der Waals surface area contributed by atoms with Gasteiger partial charge in [0.1, 0.15) is 6.04 Å². The molecule has 3 aromatic rings. The molecule has 1 N–H and O–H groups in total. The Morgan fingerprint density at radius 1 is 1.22 bits per heavy atom. The Kier molecular flexibility index (Phi) is 5.82. The standard InChI is InChI=1S/C24H32N6O2/c1-15-6-4-10-29(13-15)22(23-26-27-28-30(23)14-18-7-5-11-32-18)20-12-19-16(2)8-9-17(3)21(19)25-24(20)31/h8-9,12,15,18,22H,4-7,10-11,13-14H2,1-3H3,(H,25,31)/t15-,18-,22-/m1/s1. The van der Waals surface area contributed by atoms with Gasteiger partial charge in [0.25, 0.3) is 5.56 Å². The van der Waals surface area contributed by atoms with E-state index in [4.69, 9.17) is 4.74 Å². The van der Waals surface area contributed by atoms with E-state index < -0.39 is 0 Å². The van der Waals surface area contributed by atoms with Crippen molar-refractivity contribution in [2.45, 2.75) is 65.1 Å². The van der Waals surface area contributed by atoms with Crippen molar-refractivity contribution in [3.05, 3.63) is 51.1 Å². The molecule has 1 aromatic carbocycles. The van der Waals surface area contributed by atoms with Gasteiger partial charge in [-0.05, 0) is 79.6 Å². The molecular formula is C24H32N6O2. The summed E-state index contributed by atoms with van der Waals surface area (Å²) in [4.78, 5) is 19.0. The number of piperidine rings is 1. The lowest BCUT2D eigenvalue weighted by molar-refractivity contribution is 0.0889. The number of nitrogens with zero attached hydrogens (tertiary/aromatic N) is 5. The van der Waals surface area contributed by atoms with Crippen LogP contribution in [-0.2, 0) is 11.3 Å². The Morgan fingerprint density at radius 2 is 2.06 bits per heavy atom. The number of tetrazole rings is 1. The average molecular weight is 437 g/mol. The number of ether oxygens (including phenoxy) is 1. The van der Waals surface area contributed by atoms with E-state index in [0.717, 1.165) is 66.8 Å². The summed E-state index contributed by atoms with van der Waals surface area (Å²) in [5, 5.41) is 13.8. The van der Waals surface area contributed by atoms with Gasteiger partial charge >= 0.3 is 0 Å². The number of nitrogens with one attached hydrogen (secondary N) is 1. The lowest BCUT2D eigenvalue weighted by Gasteiger charge is -2.36. The highest BCUT2D eigenvalue weighted by Crippen LogP contribution is 2.32. The van der Waals surface area contributed by atoms with Crippen LogP contribution in [-0.4, -0.2) is 55.9 Å². The molecule has 8 nitrogen and oxygen atoms in total. The monoisotopic (exact) mass is 436 g/mol. The molecule has 0 bridgehead atoms. The first-order valence-electron chi connectivity index (χ1n) is 11.8. The quantitative estimate of drug-likeness (QED) is 0.661. The second-order valence-corrected chi connectivity index (χ2v) is 9.54. The van der Waals surface area contributed by atoms with Crippen LogP contribution in [0.3, 0.4) is 0 Å². The molecular weight excluding hydrogens is 404 g/mol. The van der Waals surface area contributed by atoms with E-state index in [1.807, 2.05) is 11.6 Å². The number of H-pyrrole nitrogens is 1. The highest BCUT2D eigenvalue weighted by atomic mass is 16.5. The second-order valence-electron chi connectivity index (χ2n) is 9.54. The molecule has 0 amide bonds. The van der Waals surface area contributed by atoms with E-state index in [1.54, 1.807) is 0 Å². The summed E-state index contributed by atoms with van der Waals surface area (Å²) >= 11 is 0. The largest absolute Gasteiger partial charge is 0.376 e. The first-order valence-corrected chi connectivity index (χ1v) is 11.8. The van der Waals surface area contributed by atoms with Gasteiger partial charge in [0.2, 0.25) is 0 Å². The number of aromatic nitrogens is 5. The molecule has 0 radical (unpaired) electrons. The molecule has 32 heavy (non-hydrogen) atoms. The molecule has 2 aromatic heterocycles. The minimum atomic E-state index is -0.290. The van der Waals surface area contributed by atoms with Crippen LogP contribution in [0.1, 0.15) is 61.2 Å². The predicted octanol–water partition coefficient (Wildman–Crippen LogP) is 3.13. The fourth-order valence-electron chi connectivity index (χ4n) is 5.27. The van der Waals surface area contributed by atoms with Crippen LogP contribution in [0.2, 0.25) is 0 Å². The third-order valence-corrected chi connectivity index (χ3v) is 7.03. The highest BCUT2D eigenvalue weighted by molar-refractivity contribution is 5.85. The number of aryl methyl sites for hydroxylation is 2. The number of hydrogen-bond acceptors (Lipinski definition) is 6. The fraction of sp³-hybridized carbons (Fsp3) is 0.583. The van der Waals surface area contributed by atoms with Gasteiger partial charge in [-0.1, -0.05) is 19.1 Å². The Labute approximate surface area is 188 Å². The van der Waals surface area contributed by atoms with Gasteiger partial charge in [0.15, 0.2) is 5.82 Å². The maximum atomic E-state index is 13.4. The summed E-state index contributed by atoms with van der Waals surface area (Å²) in [7, 11) is 0.